The zero-order valence-corrected chi connectivity index (χ0v) is 16.8. The van der Waals surface area contributed by atoms with Crippen LogP contribution in [0, 0.1) is 6.92 Å². The van der Waals surface area contributed by atoms with Gasteiger partial charge in [-0.2, -0.15) is 8.78 Å². The molecule has 4 aromatic rings. The van der Waals surface area contributed by atoms with Crippen molar-refractivity contribution in [2.45, 2.75) is 13.5 Å². The summed E-state index contributed by atoms with van der Waals surface area (Å²) in [5.74, 6) is 0.604. The Morgan fingerprint density at radius 2 is 1.87 bits per heavy atom. The van der Waals surface area contributed by atoms with Crippen LogP contribution in [0.5, 0.6) is 23.3 Å². The molecule has 0 fully saturated rings. The summed E-state index contributed by atoms with van der Waals surface area (Å²) in [6, 6.07) is 4.92. The van der Waals surface area contributed by atoms with Crippen molar-refractivity contribution in [3.63, 3.8) is 0 Å². The van der Waals surface area contributed by atoms with Crippen LogP contribution in [0.15, 0.2) is 43.0 Å². The lowest BCUT2D eigenvalue weighted by atomic mass is 10.1. The van der Waals surface area contributed by atoms with Gasteiger partial charge in [0.1, 0.15) is 5.75 Å². The molecule has 4 aromatic heterocycles. The quantitative estimate of drug-likeness (QED) is 0.494. The molecule has 0 saturated heterocycles. The highest BCUT2D eigenvalue weighted by Gasteiger charge is 2.17. The van der Waals surface area contributed by atoms with E-state index >= 15 is 0 Å². The summed E-state index contributed by atoms with van der Waals surface area (Å²) < 4.78 is 41.3. The minimum absolute atomic E-state index is 0.0898. The summed E-state index contributed by atoms with van der Waals surface area (Å²) in [6.07, 6.45) is 5.80. The van der Waals surface area contributed by atoms with E-state index in [0.29, 0.717) is 39.5 Å². The normalized spacial score (nSPS) is 11.2. The number of nitrogens with zero attached hydrogens (tertiary/aromatic N) is 4. The zero-order chi connectivity index (χ0) is 22.1. The number of rotatable bonds is 6. The average Bonchev–Trinajstić information content (AvgIpc) is 3.09. The Morgan fingerprint density at radius 3 is 2.58 bits per heavy atom. The summed E-state index contributed by atoms with van der Waals surface area (Å²) in [6.45, 7) is -1.14. The van der Waals surface area contributed by atoms with Crippen molar-refractivity contribution in [1.29, 1.82) is 0 Å². The molecule has 0 aliphatic carbocycles. The lowest BCUT2D eigenvalue weighted by Crippen LogP contribution is -2.03. The molecule has 160 valence electrons. The van der Waals surface area contributed by atoms with E-state index in [9.17, 15) is 13.9 Å². The van der Waals surface area contributed by atoms with Gasteiger partial charge in [-0.25, -0.2) is 9.97 Å². The molecular formula is C21H18F2N4O4. The van der Waals surface area contributed by atoms with E-state index in [-0.39, 0.29) is 11.6 Å². The minimum atomic E-state index is -2.98. The first kappa shape index (κ1) is 20.3. The maximum Gasteiger partial charge on any atom is 0.387 e. The first-order valence-corrected chi connectivity index (χ1v) is 9.11. The molecule has 0 spiro atoms. The number of hydrogen-bond acceptors (Lipinski definition) is 7. The van der Waals surface area contributed by atoms with E-state index in [1.807, 2.05) is 13.0 Å². The van der Waals surface area contributed by atoms with Gasteiger partial charge in [0.05, 0.1) is 48.9 Å². The van der Waals surface area contributed by atoms with Crippen LogP contribution in [-0.4, -0.2) is 45.5 Å². The number of methoxy groups -OCH3 is 2. The third-order valence-corrected chi connectivity index (χ3v) is 4.68. The van der Waals surface area contributed by atoms with Gasteiger partial charge in [-0.05, 0) is 24.6 Å². The Morgan fingerprint density at radius 1 is 1.06 bits per heavy atom. The molecule has 8 nitrogen and oxygen atoms in total. The van der Waals surface area contributed by atoms with E-state index in [1.165, 1.54) is 37.2 Å². The number of aryl methyl sites for hydroxylation is 1. The van der Waals surface area contributed by atoms with Gasteiger partial charge in [-0.1, -0.05) is 0 Å². The summed E-state index contributed by atoms with van der Waals surface area (Å²) >= 11 is 0. The molecule has 0 aromatic carbocycles. The molecule has 4 heterocycles. The van der Waals surface area contributed by atoms with Gasteiger partial charge in [0.2, 0.25) is 5.88 Å². The van der Waals surface area contributed by atoms with Crippen LogP contribution in [0.1, 0.15) is 5.56 Å². The number of halogens is 2. The van der Waals surface area contributed by atoms with Crippen LogP contribution in [0.4, 0.5) is 8.78 Å². The first-order chi connectivity index (χ1) is 14.9. The highest BCUT2D eigenvalue weighted by Crippen LogP contribution is 2.36. The fourth-order valence-electron chi connectivity index (χ4n) is 3.31. The predicted octanol–water partition coefficient (Wildman–Crippen LogP) is 4.12. The molecule has 0 saturated carbocycles. The van der Waals surface area contributed by atoms with Crippen molar-refractivity contribution in [3.05, 3.63) is 48.5 Å². The van der Waals surface area contributed by atoms with E-state index < -0.39 is 6.61 Å². The van der Waals surface area contributed by atoms with Crippen molar-refractivity contribution < 1.29 is 28.1 Å². The number of pyridine rings is 3. The zero-order valence-electron chi connectivity index (χ0n) is 16.8. The molecule has 1 N–H and O–H groups in total. The third-order valence-electron chi connectivity index (χ3n) is 4.68. The summed E-state index contributed by atoms with van der Waals surface area (Å²) in [7, 11) is 3.02. The largest absolute Gasteiger partial charge is 0.494 e. The highest BCUT2D eigenvalue weighted by atomic mass is 19.3. The van der Waals surface area contributed by atoms with Crippen molar-refractivity contribution in [2.75, 3.05) is 14.2 Å². The second-order valence-electron chi connectivity index (χ2n) is 6.60. The molecule has 0 radical (unpaired) electrons. The Hall–Kier alpha value is -3.95. The molecule has 0 aliphatic heterocycles. The second-order valence-corrected chi connectivity index (χ2v) is 6.60. The van der Waals surface area contributed by atoms with Crippen LogP contribution < -0.4 is 14.2 Å². The molecule has 0 unspecified atom stereocenters. The van der Waals surface area contributed by atoms with E-state index in [0.717, 1.165) is 5.56 Å². The second kappa shape index (κ2) is 8.05. The topological polar surface area (TPSA) is 91.5 Å². The summed E-state index contributed by atoms with van der Waals surface area (Å²) in [4.78, 5) is 12.8. The molecule has 0 atom stereocenters. The van der Waals surface area contributed by atoms with Gasteiger partial charge < -0.3 is 19.3 Å². The van der Waals surface area contributed by atoms with Crippen LogP contribution in [0.2, 0.25) is 0 Å². The number of alkyl halides is 2. The Kier molecular flexibility index (Phi) is 5.28. The van der Waals surface area contributed by atoms with Gasteiger partial charge >= 0.3 is 6.61 Å². The molecule has 0 bridgehead atoms. The lowest BCUT2D eigenvalue weighted by Gasteiger charge is -2.09. The van der Waals surface area contributed by atoms with Gasteiger partial charge in [0.25, 0.3) is 5.88 Å². The number of hydrogen-bond donors (Lipinski definition) is 1. The Bertz CT molecular complexity index is 1260. The summed E-state index contributed by atoms with van der Waals surface area (Å²) in [5.41, 5.74) is 2.93. The molecule has 10 heteroatoms. The SMILES string of the molecule is COc1cc(-c2cc(C)c3c(O)n(-c4cncc(OC(F)F)c4)cc3n2)cnc1OC. The van der Waals surface area contributed by atoms with Crippen LogP contribution in [-0.2, 0) is 0 Å². The van der Waals surface area contributed by atoms with Gasteiger partial charge in [-0.15, -0.1) is 0 Å². The molecule has 31 heavy (non-hydrogen) atoms. The molecule has 0 amide bonds. The van der Waals surface area contributed by atoms with Crippen molar-refractivity contribution in [2.24, 2.45) is 0 Å². The lowest BCUT2D eigenvalue weighted by molar-refractivity contribution is -0.0500. The van der Waals surface area contributed by atoms with E-state index in [2.05, 4.69) is 19.7 Å². The maximum atomic E-state index is 12.5. The number of aromatic nitrogens is 4. The Balaban J connectivity index is 1.81. The fraction of sp³-hybridized carbons (Fsp3) is 0.190. The minimum Gasteiger partial charge on any atom is -0.494 e. The standard InChI is InChI=1S/C21H18F2N4O4/c1-11-4-15(12-5-17(29-2)19(30-3)25-7-12)26-16-10-27(20(28)18(11)16)13-6-14(9-24-8-13)31-21(22)23/h4-10,21,28H,1-3H3. The Labute approximate surface area is 175 Å². The van der Waals surface area contributed by atoms with Crippen molar-refractivity contribution in [1.82, 2.24) is 19.5 Å². The van der Waals surface area contributed by atoms with Gasteiger partial charge in [0.15, 0.2) is 5.75 Å². The molecular weight excluding hydrogens is 410 g/mol. The van der Waals surface area contributed by atoms with Crippen LogP contribution in [0.25, 0.3) is 27.8 Å². The third kappa shape index (κ3) is 3.79. The van der Waals surface area contributed by atoms with Crippen molar-refractivity contribution in [3.8, 4) is 40.2 Å². The van der Waals surface area contributed by atoms with Gasteiger partial charge in [0, 0.05) is 24.0 Å². The number of ether oxygens (including phenoxy) is 3. The highest BCUT2D eigenvalue weighted by molar-refractivity contribution is 5.90. The van der Waals surface area contributed by atoms with Gasteiger partial charge in [-0.3, -0.25) is 9.55 Å². The number of aromatic hydroxyl groups is 1. The predicted molar refractivity (Wildman–Crippen MR) is 108 cm³/mol. The smallest absolute Gasteiger partial charge is 0.387 e. The summed E-state index contributed by atoms with van der Waals surface area (Å²) in [5, 5.41) is 11.3. The van der Waals surface area contributed by atoms with Crippen LogP contribution >= 0.6 is 0 Å². The fourth-order valence-corrected chi connectivity index (χ4v) is 3.31. The van der Waals surface area contributed by atoms with E-state index in [1.54, 1.807) is 18.5 Å². The molecule has 4 rings (SSSR count). The maximum absolute atomic E-state index is 12.5. The first-order valence-electron chi connectivity index (χ1n) is 9.11. The average molecular weight is 428 g/mol. The monoisotopic (exact) mass is 428 g/mol. The number of fused-ring (bicyclic) bond motifs is 1. The van der Waals surface area contributed by atoms with E-state index in [4.69, 9.17) is 9.47 Å². The van der Waals surface area contributed by atoms with Crippen LogP contribution in [0.3, 0.4) is 0 Å². The van der Waals surface area contributed by atoms with Crippen molar-refractivity contribution >= 4 is 10.9 Å². The molecule has 0 aliphatic rings.